The molecule has 0 bridgehead atoms. The Bertz CT molecular complexity index is 397. The number of anilines is 1. The average molecular weight is 236 g/mol. The molecule has 2 atom stereocenters. The van der Waals surface area contributed by atoms with Gasteiger partial charge in [0, 0.05) is 24.8 Å². The van der Waals surface area contributed by atoms with Crippen LogP contribution in [0, 0.1) is 5.92 Å². The van der Waals surface area contributed by atoms with Crippen molar-refractivity contribution < 1.29 is 0 Å². The van der Waals surface area contributed by atoms with Crippen LogP contribution in [0.1, 0.15) is 40.5 Å². The number of aromatic nitrogens is 1. The molecule has 17 heavy (non-hydrogen) atoms. The molecule has 0 saturated heterocycles. The van der Waals surface area contributed by atoms with Crippen molar-refractivity contribution in [2.24, 2.45) is 5.92 Å². The first-order valence-electron chi connectivity index (χ1n) is 6.55. The van der Waals surface area contributed by atoms with Crippen molar-refractivity contribution in [1.29, 1.82) is 0 Å². The highest BCUT2D eigenvalue weighted by Gasteiger charge is 2.09. The van der Waals surface area contributed by atoms with Crippen LogP contribution in [0.15, 0.2) is 23.1 Å². The molecule has 0 fully saturated rings. The molecule has 0 aromatic carbocycles. The Kier molecular flexibility index (Phi) is 5.26. The van der Waals surface area contributed by atoms with Gasteiger partial charge in [-0.2, -0.15) is 0 Å². The standard InChI is InChI=1S/C14H24N2O/c1-5-9-16-10-13(7-8-14(16)17)15-12(4)11(3)6-2/h7-8,10-12,15H,5-6,9H2,1-4H3. The number of hydrogen-bond acceptors (Lipinski definition) is 2. The molecular weight excluding hydrogens is 212 g/mol. The van der Waals surface area contributed by atoms with Gasteiger partial charge in [-0.3, -0.25) is 4.79 Å². The van der Waals surface area contributed by atoms with Crippen molar-refractivity contribution in [3.8, 4) is 0 Å². The van der Waals surface area contributed by atoms with Crippen molar-refractivity contribution in [2.75, 3.05) is 5.32 Å². The van der Waals surface area contributed by atoms with Crippen LogP contribution in [0.5, 0.6) is 0 Å². The Morgan fingerprint density at radius 1 is 1.29 bits per heavy atom. The lowest BCUT2D eigenvalue weighted by atomic mass is 10.0. The van der Waals surface area contributed by atoms with Crippen molar-refractivity contribution in [3.05, 3.63) is 28.7 Å². The number of nitrogens with zero attached hydrogens (tertiary/aromatic N) is 1. The summed E-state index contributed by atoms with van der Waals surface area (Å²) in [4.78, 5) is 11.6. The lowest BCUT2D eigenvalue weighted by Gasteiger charge is -2.21. The molecule has 0 aliphatic rings. The van der Waals surface area contributed by atoms with E-state index in [0.29, 0.717) is 12.0 Å². The van der Waals surface area contributed by atoms with Crippen molar-refractivity contribution in [1.82, 2.24) is 4.57 Å². The summed E-state index contributed by atoms with van der Waals surface area (Å²) in [6, 6.07) is 3.93. The molecule has 2 unspecified atom stereocenters. The van der Waals surface area contributed by atoms with Crippen molar-refractivity contribution in [2.45, 2.75) is 53.1 Å². The minimum Gasteiger partial charge on any atom is -0.381 e. The number of nitrogens with one attached hydrogen (secondary N) is 1. The fourth-order valence-corrected chi connectivity index (χ4v) is 1.79. The van der Waals surface area contributed by atoms with Gasteiger partial charge in [-0.1, -0.05) is 27.2 Å². The molecule has 3 heteroatoms. The smallest absolute Gasteiger partial charge is 0.250 e. The predicted molar refractivity (Wildman–Crippen MR) is 73.5 cm³/mol. The van der Waals surface area contributed by atoms with E-state index in [1.165, 1.54) is 0 Å². The first-order chi connectivity index (χ1) is 8.08. The molecule has 0 aliphatic carbocycles. The summed E-state index contributed by atoms with van der Waals surface area (Å²) in [5.74, 6) is 0.626. The van der Waals surface area contributed by atoms with Crippen LogP contribution in [0.25, 0.3) is 0 Å². The Morgan fingerprint density at radius 2 is 2.00 bits per heavy atom. The molecule has 1 aromatic rings. The van der Waals surface area contributed by atoms with E-state index >= 15 is 0 Å². The zero-order chi connectivity index (χ0) is 12.8. The lowest BCUT2D eigenvalue weighted by Crippen LogP contribution is -2.25. The van der Waals surface area contributed by atoms with E-state index in [0.717, 1.165) is 25.1 Å². The minimum atomic E-state index is 0.0774. The van der Waals surface area contributed by atoms with Gasteiger partial charge in [0.15, 0.2) is 0 Å². The highest BCUT2D eigenvalue weighted by Crippen LogP contribution is 2.13. The minimum absolute atomic E-state index is 0.0774. The normalized spacial score (nSPS) is 14.4. The van der Waals surface area contributed by atoms with Crippen LogP contribution in [0.2, 0.25) is 0 Å². The quantitative estimate of drug-likeness (QED) is 0.823. The van der Waals surface area contributed by atoms with Crippen LogP contribution in [-0.4, -0.2) is 10.6 Å². The summed E-state index contributed by atoms with van der Waals surface area (Å²) in [5, 5.41) is 3.46. The third-order valence-electron chi connectivity index (χ3n) is 3.34. The topological polar surface area (TPSA) is 34.0 Å². The first kappa shape index (κ1) is 13.8. The number of hydrogen-bond donors (Lipinski definition) is 1. The van der Waals surface area contributed by atoms with Gasteiger partial charge >= 0.3 is 0 Å². The fourth-order valence-electron chi connectivity index (χ4n) is 1.79. The van der Waals surface area contributed by atoms with Gasteiger partial charge in [0.25, 0.3) is 5.56 Å². The SMILES string of the molecule is CCCn1cc(NC(C)C(C)CC)ccc1=O. The lowest BCUT2D eigenvalue weighted by molar-refractivity contribution is 0.494. The van der Waals surface area contributed by atoms with Crippen LogP contribution in [-0.2, 0) is 6.54 Å². The van der Waals surface area contributed by atoms with Gasteiger partial charge in [-0.15, -0.1) is 0 Å². The Hall–Kier alpha value is -1.25. The van der Waals surface area contributed by atoms with Gasteiger partial charge in [0.05, 0.1) is 5.69 Å². The molecule has 1 N–H and O–H groups in total. The molecule has 0 saturated carbocycles. The van der Waals surface area contributed by atoms with E-state index in [1.54, 1.807) is 10.6 Å². The molecule has 1 rings (SSSR count). The van der Waals surface area contributed by atoms with Gasteiger partial charge in [0.2, 0.25) is 0 Å². The Morgan fingerprint density at radius 3 is 2.59 bits per heavy atom. The second-order valence-electron chi connectivity index (χ2n) is 4.77. The molecule has 1 aromatic heterocycles. The molecule has 0 spiro atoms. The third kappa shape index (κ3) is 3.91. The molecule has 1 heterocycles. The van der Waals surface area contributed by atoms with E-state index < -0.39 is 0 Å². The van der Waals surface area contributed by atoms with E-state index in [1.807, 2.05) is 12.3 Å². The summed E-state index contributed by atoms with van der Waals surface area (Å²) in [5.41, 5.74) is 1.11. The highest BCUT2D eigenvalue weighted by atomic mass is 16.1. The summed E-state index contributed by atoms with van der Waals surface area (Å²) in [7, 11) is 0. The zero-order valence-electron chi connectivity index (χ0n) is 11.4. The van der Waals surface area contributed by atoms with Gasteiger partial charge in [0.1, 0.15) is 0 Å². The summed E-state index contributed by atoms with van der Waals surface area (Å²) in [6.07, 6.45) is 4.05. The maximum Gasteiger partial charge on any atom is 0.250 e. The van der Waals surface area contributed by atoms with Crippen LogP contribution < -0.4 is 10.9 Å². The molecule has 0 aliphatic heterocycles. The first-order valence-corrected chi connectivity index (χ1v) is 6.55. The fraction of sp³-hybridized carbons (Fsp3) is 0.643. The van der Waals surface area contributed by atoms with Crippen LogP contribution in [0.4, 0.5) is 5.69 Å². The molecule has 96 valence electrons. The van der Waals surface area contributed by atoms with Crippen molar-refractivity contribution in [3.63, 3.8) is 0 Å². The summed E-state index contributed by atoms with van der Waals surface area (Å²) >= 11 is 0. The van der Waals surface area contributed by atoms with Gasteiger partial charge in [-0.05, 0) is 25.3 Å². The van der Waals surface area contributed by atoms with Crippen LogP contribution >= 0.6 is 0 Å². The van der Waals surface area contributed by atoms with E-state index in [-0.39, 0.29) is 5.56 Å². The maximum atomic E-state index is 11.6. The van der Waals surface area contributed by atoms with E-state index in [9.17, 15) is 4.79 Å². The molecule has 0 radical (unpaired) electrons. The number of rotatable bonds is 6. The molecule has 3 nitrogen and oxygen atoms in total. The van der Waals surface area contributed by atoms with Crippen molar-refractivity contribution >= 4 is 5.69 Å². The maximum absolute atomic E-state index is 11.6. The summed E-state index contributed by atoms with van der Waals surface area (Å²) in [6.45, 7) is 9.48. The number of pyridine rings is 1. The monoisotopic (exact) mass is 236 g/mol. The Balaban J connectivity index is 2.78. The number of aryl methyl sites for hydroxylation is 1. The second-order valence-corrected chi connectivity index (χ2v) is 4.77. The van der Waals surface area contributed by atoms with Gasteiger partial charge in [-0.25, -0.2) is 0 Å². The molecular formula is C14H24N2O. The molecule has 0 amide bonds. The Labute approximate surface area is 104 Å². The second kappa shape index (κ2) is 6.48. The van der Waals surface area contributed by atoms with E-state index in [2.05, 4.69) is 33.0 Å². The largest absolute Gasteiger partial charge is 0.381 e. The third-order valence-corrected chi connectivity index (χ3v) is 3.34. The average Bonchev–Trinajstić information content (AvgIpc) is 2.32. The van der Waals surface area contributed by atoms with Crippen LogP contribution in [0.3, 0.4) is 0 Å². The van der Waals surface area contributed by atoms with E-state index in [4.69, 9.17) is 0 Å². The zero-order valence-corrected chi connectivity index (χ0v) is 11.4. The van der Waals surface area contributed by atoms with Gasteiger partial charge < -0.3 is 9.88 Å². The predicted octanol–water partition coefficient (Wildman–Crippen LogP) is 3.10. The summed E-state index contributed by atoms with van der Waals surface area (Å²) < 4.78 is 1.77. The highest BCUT2D eigenvalue weighted by molar-refractivity contribution is 5.41.